The molecule has 16 heavy (non-hydrogen) atoms. The summed E-state index contributed by atoms with van der Waals surface area (Å²) in [6.45, 7) is 0. The van der Waals surface area contributed by atoms with Gasteiger partial charge in [-0.2, -0.15) is 0 Å². The Kier molecular flexibility index (Phi) is 3.82. The fourth-order valence-corrected chi connectivity index (χ4v) is 0.992. The molecule has 6 nitrogen and oxygen atoms in total. The first-order chi connectivity index (χ1) is 7.54. The molecule has 0 amide bonds. The monoisotopic (exact) mass is 223 g/mol. The van der Waals surface area contributed by atoms with Gasteiger partial charge in [-0.15, -0.1) is 0 Å². The zero-order valence-electron chi connectivity index (χ0n) is 9.34. The predicted molar refractivity (Wildman–Crippen MR) is 59.6 cm³/mol. The molecule has 1 aromatic rings. The molecule has 0 saturated heterocycles. The van der Waals surface area contributed by atoms with E-state index in [9.17, 15) is 4.79 Å². The van der Waals surface area contributed by atoms with E-state index in [-0.39, 0.29) is 11.4 Å². The summed E-state index contributed by atoms with van der Waals surface area (Å²) >= 11 is 0. The summed E-state index contributed by atoms with van der Waals surface area (Å²) in [6.07, 6.45) is 2.87. The fourth-order valence-electron chi connectivity index (χ4n) is 0.992. The maximum Gasteiger partial charge on any atom is 0.338 e. The number of rotatable bonds is 4. The van der Waals surface area contributed by atoms with Crippen LogP contribution in [-0.4, -0.2) is 48.5 Å². The molecular weight excluding hydrogens is 210 g/mol. The SMILES string of the molecule is COc1cc(C(=O)O)c(/N=C/N(C)C)cn1. The van der Waals surface area contributed by atoms with E-state index in [4.69, 9.17) is 9.84 Å². The number of carboxylic acids is 1. The van der Waals surface area contributed by atoms with Gasteiger partial charge in [0, 0.05) is 20.2 Å². The Hall–Kier alpha value is -2.11. The third-order valence-electron chi connectivity index (χ3n) is 1.73. The number of carbonyl (C=O) groups is 1. The lowest BCUT2D eigenvalue weighted by Gasteiger charge is -2.05. The Balaban J connectivity index is 3.13. The minimum atomic E-state index is -1.06. The zero-order valence-corrected chi connectivity index (χ0v) is 9.34. The highest BCUT2D eigenvalue weighted by Crippen LogP contribution is 2.21. The lowest BCUT2D eigenvalue weighted by molar-refractivity contribution is 0.0697. The molecule has 0 aliphatic heterocycles. The Morgan fingerprint density at radius 2 is 2.31 bits per heavy atom. The van der Waals surface area contributed by atoms with Crippen LogP contribution in [0, 0.1) is 0 Å². The van der Waals surface area contributed by atoms with Crippen LogP contribution in [0.15, 0.2) is 17.3 Å². The summed E-state index contributed by atoms with van der Waals surface area (Å²) in [4.78, 5) is 20.6. The highest BCUT2D eigenvalue weighted by molar-refractivity contribution is 5.94. The minimum absolute atomic E-state index is 0.0601. The van der Waals surface area contributed by atoms with Gasteiger partial charge in [0.25, 0.3) is 0 Å². The fraction of sp³-hybridized carbons (Fsp3) is 0.300. The normalized spacial score (nSPS) is 10.4. The number of aromatic carboxylic acids is 1. The van der Waals surface area contributed by atoms with Crippen molar-refractivity contribution < 1.29 is 14.6 Å². The second kappa shape index (κ2) is 5.11. The molecule has 0 spiro atoms. The number of hydrogen-bond donors (Lipinski definition) is 1. The Labute approximate surface area is 93.2 Å². The molecule has 1 rings (SSSR count). The highest BCUT2D eigenvalue weighted by atomic mass is 16.5. The average molecular weight is 223 g/mol. The van der Waals surface area contributed by atoms with E-state index in [2.05, 4.69) is 9.98 Å². The van der Waals surface area contributed by atoms with E-state index in [1.54, 1.807) is 19.0 Å². The van der Waals surface area contributed by atoms with Gasteiger partial charge < -0.3 is 14.7 Å². The Morgan fingerprint density at radius 3 is 2.81 bits per heavy atom. The van der Waals surface area contributed by atoms with E-state index >= 15 is 0 Å². The number of nitrogens with zero attached hydrogens (tertiary/aromatic N) is 3. The summed E-state index contributed by atoms with van der Waals surface area (Å²) in [6, 6.07) is 1.34. The van der Waals surface area contributed by atoms with Crippen molar-refractivity contribution in [2.75, 3.05) is 21.2 Å². The number of aromatic nitrogens is 1. The van der Waals surface area contributed by atoms with Gasteiger partial charge in [-0.3, -0.25) is 0 Å². The summed E-state index contributed by atoms with van der Waals surface area (Å²) in [7, 11) is 5.01. The standard InChI is InChI=1S/C10H13N3O3/c1-13(2)6-12-8-5-11-9(16-3)4-7(8)10(14)15/h4-6H,1-3H3,(H,14,15)/b12-6+. The first-order valence-electron chi connectivity index (χ1n) is 4.52. The van der Waals surface area contributed by atoms with Crippen LogP contribution in [0.1, 0.15) is 10.4 Å². The Morgan fingerprint density at radius 1 is 1.62 bits per heavy atom. The largest absolute Gasteiger partial charge is 0.481 e. The molecule has 6 heteroatoms. The van der Waals surface area contributed by atoms with Crippen LogP contribution >= 0.6 is 0 Å². The third-order valence-corrected chi connectivity index (χ3v) is 1.73. The molecule has 0 bridgehead atoms. The van der Waals surface area contributed by atoms with Crippen molar-refractivity contribution in [3.05, 3.63) is 17.8 Å². The minimum Gasteiger partial charge on any atom is -0.481 e. The number of hydrogen-bond acceptors (Lipinski definition) is 4. The molecule has 0 saturated carbocycles. The number of aliphatic imine (C=N–C) groups is 1. The van der Waals surface area contributed by atoms with Gasteiger partial charge in [-0.05, 0) is 0 Å². The van der Waals surface area contributed by atoms with Crippen molar-refractivity contribution in [2.45, 2.75) is 0 Å². The van der Waals surface area contributed by atoms with Gasteiger partial charge >= 0.3 is 5.97 Å². The predicted octanol–water partition coefficient (Wildman–Crippen LogP) is 1.01. The summed E-state index contributed by atoms with van der Waals surface area (Å²) in [5, 5.41) is 8.98. The van der Waals surface area contributed by atoms with Crippen molar-refractivity contribution in [1.82, 2.24) is 9.88 Å². The van der Waals surface area contributed by atoms with E-state index < -0.39 is 5.97 Å². The van der Waals surface area contributed by atoms with Crippen LogP contribution in [0.2, 0.25) is 0 Å². The summed E-state index contributed by atoms with van der Waals surface area (Å²) in [5.74, 6) is -0.812. The quantitative estimate of drug-likeness (QED) is 0.609. The zero-order chi connectivity index (χ0) is 12.1. The highest BCUT2D eigenvalue weighted by Gasteiger charge is 2.11. The molecule has 0 unspecified atom stereocenters. The van der Waals surface area contributed by atoms with Gasteiger partial charge in [-0.1, -0.05) is 0 Å². The molecule has 1 N–H and O–H groups in total. The smallest absolute Gasteiger partial charge is 0.338 e. The first kappa shape index (κ1) is 12.0. The molecule has 0 aromatic carbocycles. The number of pyridine rings is 1. The van der Waals surface area contributed by atoms with E-state index in [1.807, 2.05) is 0 Å². The van der Waals surface area contributed by atoms with E-state index in [1.165, 1.54) is 25.7 Å². The number of methoxy groups -OCH3 is 1. The van der Waals surface area contributed by atoms with Gasteiger partial charge in [0.05, 0.1) is 30.9 Å². The average Bonchev–Trinajstić information content (AvgIpc) is 2.25. The van der Waals surface area contributed by atoms with Crippen LogP contribution in [0.4, 0.5) is 5.69 Å². The molecule has 0 aliphatic carbocycles. The first-order valence-corrected chi connectivity index (χ1v) is 4.52. The van der Waals surface area contributed by atoms with Crippen molar-refractivity contribution >= 4 is 18.0 Å². The maximum absolute atomic E-state index is 11.0. The van der Waals surface area contributed by atoms with Crippen LogP contribution in [0.5, 0.6) is 5.88 Å². The molecule has 1 aromatic heterocycles. The second-order valence-electron chi connectivity index (χ2n) is 3.26. The number of carboxylic acid groups (broad SMARTS) is 1. The molecule has 86 valence electrons. The van der Waals surface area contributed by atoms with Gasteiger partial charge in [-0.25, -0.2) is 14.8 Å². The van der Waals surface area contributed by atoms with Crippen molar-refractivity contribution in [3.8, 4) is 5.88 Å². The lowest BCUT2D eigenvalue weighted by Crippen LogP contribution is -2.07. The van der Waals surface area contributed by atoms with Gasteiger partial charge in [0.2, 0.25) is 5.88 Å². The molecular formula is C10H13N3O3. The van der Waals surface area contributed by atoms with Crippen LogP contribution < -0.4 is 4.74 Å². The van der Waals surface area contributed by atoms with Crippen molar-refractivity contribution in [3.63, 3.8) is 0 Å². The summed E-state index contributed by atoms with van der Waals surface area (Å²) in [5.41, 5.74) is 0.354. The second-order valence-corrected chi connectivity index (χ2v) is 3.26. The van der Waals surface area contributed by atoms with Crippen molar-refractivity contribution in [1.29, 1.82) is 0 Å². The van der Waals surface area contributed by atoms with Crippen molar-refractivity contribution in [2.24, 2.45) is 4.99 Å². The topological polar surface area (TPSA) is 75.0 Å². The summed E-state index contributed by atoms with van der Waals surface area (Å²) < 4.78 is 4.85. The van der Waals surface area contributed by atoms with Crippen LogP contribution in [-0.2, 0) is 0 Å². The van der Waals surface area contributed by atoms with E-state index in [0.717, 1.165) is 0 Å². The third kappa shape index (κ3) is 2.94. The van der Waals surface area contributed by atoms with E-state index in [0.29, 0.717) is 5.69 Å². The van der Waals surface area contributed by atoms with Gasteiger partial charge in [0.1, 0.15) is 0 Å². The lowest BCUT2D eigenvalue weighted by atomic mass is 10.2. The molecule has 0 atom stereocenters. The van der Waals surface area contributed by atoms with Crippen LogP contribution in [0.25, 0.3) is 0 Å². The molecule has 0 aliphatic rings. The molecule has 1 heterocycles. The van der Waals surface area contributed by atoms with Gasteiger partial charge in [0.15, 0.2) is 0 Å². The number of ether oxygens (including phenoxy) is 1. The molecule has 0 fully saturated rings. The van der Waals surface area contributed by atoms with Crippen LogP contribution in [0.3, 0.4) is 0 Å². The maximum atomic E-state index is 11.0. The Bertz CT molecular complexity index is 416. The molecule has 0 radical (unpaired) electrons.